The van der Waals surface area contributed by atoms with Crippen LogP contribution in [0.2, 0.25) is 18.1 Å². The summed E-state index contributed by atoms with van der Waals surface area (Å²) in [6.45, 7) is 18.6. The summed E-state index contributed by atoms with van der Waals surface area (Å²) in [5.74, 6) is 1.07. The fourth-order valence-electron chi connectivity index (χ4n) is 2.48. The predicted octanol–water partition coefficient (Wildman–Crippen LogP) is 4.65. The molecule has 3 heteroatoms. The molecule has 0 unspecified atom stereocenters. The zero-order chi connectivity index (χ0) is 15.1. The summed E-state index contributed by atoms with van der Waals surface area (Å²) >= 11 is 0. The zero-order valence-corrected chi connectivity index (χ0v) is 15.1. The van der Waals surface area contributed by atoms with Crippen molar-refractivity contribution in [1.82, 2.24) is 0 Å². The molecule has 2 atom stereocenters. The largest absolute Gasteiger partial charge is 0.416 e. The van der Waals surface area contributed by atoms with Crippen LogP contribution in [0.4, 0.5) is 0 Å². The molecule has 1 aliphatic rings. The molecule has 1 fully saturated rings. The Morgan fingerprint density at radius 1 is 1.32 bits per heavy atom. The van der Waals surface area contributed by atoms with Crippen molar-refractivity contribution in [1.29, 1.82) is 0 Å². The summed E-state index contributed by atoms with van der Waals surface area (Å²) in [6, 6.07) is 0. The number of carbonyl (C=O) groups is 1. The Hall–Kier alpha value is -0.153. The van der Waals surface area contributed by atoms with E-state index in [-0.39, 0.29) is 16.4 Å². The van der Waals surface area contributed by atoms with E-state index in [1.54, 1.807) is 0 Å². The average Bonchev–Trinajstić information content (AvgIpc) is 2.22. The van der Waals surface area contributed by atoms with Gasteiger partial charge in [-0.05, 0) is 35.9 Å². The molecule has 0 bridgehead atoms. The summed E-state index contributed by atoms with van der Waals surface area (Å²) in [7, 11) is -1.76. The summed E-state index contributed by atoms with van der Waals surface area (Å²) in [5, 5.41) is 0.209. The van der Waals surface area contributed by atoms with Gasteiger partial charge in [-0.2, -0.15) is 0 Å². The highest BCUT2D eigenvalue weighted by atomic mass is 28.4. The molecule has 0 saturated heterocycles. The second-order valence-corrected chi connectivity index (χ2v) is 13.2. The first-order chi connectivity index (χ1) is 8.39. The SMILES string of the molecule is C[C@@H]1CCC(=O)[C@H](CO[Si](C)(C)C(C)(C)C)C1(C)C. The van der Waals surface area contributed by atoms with Crippen LogP contribution in [0.5, 0.6) is 0 Å². The molecular formula is C16H32O2Si. The standard InChI is InChI=1S/C16H32O2Si/c1-12-9-10-14(17)13(16(12,5)6)11-18-19(7,8)15(2,3)4/h12-13H,9-11H2,1-8H3/t12-,13+/m1/s1. The molecule has 1 rings (SSSR count). The van der Waals surface area contributed by atoms with Gasteiger partial charge in [-0.1, -0.05) is 41.5 Å². The van der Waals surface area contributed by atoms with E-state index < -0.39 is 8.32 Å². The molecule has 1 aliphatic carbocycles. The van der Waals surface area contributed by atoms with Crippen molar-refractivity contribution in [3.63, 3.8) is 0 Å². The average molecular weight is 285 g/mol. The van der Waals surface area contributed by atoms with Gasteiger partial charge in [0.1, 0.15) is 5.78 Å². The van der Waals surface area contributed by atoms with Gasteiger partial charge in [0.05, 0.1) is 0 Å². The summed E-state index contributed by atoms with van der Waals surface area (Å²) < 4.78 is 6.31. The molecule has 0 aromatic carbocycles. The molecule has 0 radical (unpaired) electrons. The van der Waals surface area contributed by atoms with Crippen LogP contribution in [0.1, 0.15) is 54.4 Å². The third-order valence-corrected chi connectivity index (χ3v) is 10.3. The number of Topliss-reactive ketones (excluding diaryl/α,β-unsaturated/α-hetero) is 1. The van der Waals surface area contributed by atoms with Gasteiger partial charge in [0.2, 0.25) is 0 Å². The Balaban J connectivity index is 2.78. The van der Waals surface area contributed by atoms with Crippen molar-refractivity contribution in [3.05, 3.63) is 0 Å². The first-order valence-corrected chi connectivity index (χ1v) is 10.5. The van der Waals surface area contributed by atoms with Crippen molar-refractivity contribution in [2.24, 2.45) is 17.3 Å². The van der Waals surface area contributed by atoms with Crippen LogP contribution in [0, 0.1) is 17.3 Å². The minimum absolute atomic E-state index is 0.0672. The highest BCUT2D eigenvalue weighted by Crippen LogP contribution is 2.44. The molecule has 0 heterocycles. The summed E-state index contributed by atoms with van der Waals surface area (Å²) in [5.41, 5.74) is 0.0672. The van der Waals surface area contributed by atoms with Crippen molar-refractivity contribution in [3.8, 4) is 0 Å². The monoisotopic (exact) mass is 284 g/mol. The highest BCUT2D eigenvalue weighted by Gasteiger charge is 2.45. The number of rotatable bonds is 3. The Bertz CT molecular complexity index is 339. The molecule has 112 valence electrons. The van der Waals surface area contributed by atoms with Crippen molar-refractivity contribution >= 4 is 14.1 Å². The second-order valence-electron chi connectivity index (χ2n) is 8.35. The fraction of sp³-hybridized carbons (Fsp3) is 0.938. The lowest BCUT2D eigenvalue weighted by atomic mass is 9.63. The maximum Gasteiger partial charge on any atom is 0.192 e. The first kappa shape index (κ1) is 16.9. The van der Waals surface area contributed by atoms with Gasteiger partial charge in [-0.25, -0.2) is 0 Å². The molecular weight excluding hydrogens is 252 g/mol. The molecule has 0 aliphatic heterocycles. The van der Waals surface area contributed by atoms with E-state index in [4.69, 9.17) is 4.43 Å². The number of hydrogen-bond donors (Lipinski definition) is 0. The third kappa shape index (κ3) is 3.49. The van der Waals surface area contributed by atoms with Crippen molar-refractivity contribution in [2.45, 2.75) is 72.5 Å². The number of ketones is 1. The lowest BCUT2D eigenvalue weighted by Gasteiger charge is -2.45. The first-order valence-electron chi connectivity index (χ1n) is 7.56. The van der Waals surface area contributed by atoms with Crippen LogP contribution in [0.3, 0.4) is 0 Å². The summed E-state index contributed by atoms with van der Waals surface area (Å²) in [4.78, 5) is 12.3. The smallest absolute Gasteiger partial charge is 0.192 e. The van der Waals surface area contributed by atoms with E-state index in [1.807, 2.05) is 0 Å². The molecule has 1 saturated carbocycles. The topological polar surface area (TPSA) is 26.3 Å². The van der Waals surface area contributed by atoms with E-state index in [0.29, 0.717) is 18.3 Å². The second kappa shape index (κ2) is 5.32. The van der Waals surface area contributed by atoms with Gasteiger partial charge in [0, 0.05) is 18.9 Å². The lowest BCUT2D eigenvalue weighted by molar-refractivity contribution is -0.134. The van der Waals surface area contributed by atoms with Gasteiger partial charge in [-0.3, -0.25) is 4.79 Å². The fourth-order valence-corrected chi connectivity index (χ4v) is 3.50. The lowest BCUT2D eigenvalue weighted by Crippen LogP contribution is -2.48. The molecule has 0 aromatic heterocycles. The molecule has 0 N–H and O–H groups in total. The normalized spacial score (nSPS) is 28.5. The molecule has 0 amide bonds. The van der Waals surface area contributed by atoms with Crippen LogP contribution in [0.25, 0.3) is 0 Å². The Labute approximate surface area is 120 Å². The molecule has 19 heavy (non-hydrogen) atoms. The van der Waals surface area contributed by atoms with Crippen molar-refractivity contribution in [2.75, 3.05) is 6.61 Å². The maximum atomic E-state index is 12.3. The number of carbonyl (C=O) groups excluding carboxylic acids is 1. The highest BCUT2D eigenvalue weighted by molar-refractivity contribution is 6.74. The quantitative estimate of drug-likeness (QED) is 0.705. The predicted molar refractivity (Wildman–Crippen MR) is 83.8 cm³/mol. The van der Waals surface area contributed by atoms with Gasteiger partial charge >= 0.3 is 0 Å². The Morgan fingerprint density at radius 2 is 1.84 bits per heavy atom. The van der Waals surface area contributed by atoms with Crippen LogP contribution in [0.15, 0.2) is 0 Å². The van der Waals surface area contributed by atoms with Crippen LogP contribution in [-0.4, -0.2) is 20.7 Å². The molecule has 0 spiro atoms. The van der Waals surface area contributed by atoms with E-state index in [2.05, 4.69) is 54.6 Å². The molecule has 2 nitrogen and oxygen atoms in total. The summed E-state index contributed by atoms with van der Waals surface area (Å²) in [6.07, 6.45) is 1.76. The van der Waals surface area contributed by atoms with Crippen molar-refractivity contribution < 1.29 is 9.22 Å². The minimum atomic E-state index is -1.76. The van der Waals surface area contributed by atoms with Gasteiger partial charge < -0.3 is 4.43 Å². The molecule has 0 aromatic rings. The van der Waals surface area contributed by atoms with Crippen LogP contribution >= 0.6 is 0 Å². The van der Waals surface area contributed by atoms with E-state index >= 15 is 0 Å². The van der Waals surface area contributed by atoms with Gasteiger partial charge in [0.25, 0.3) is 0 Å². The maximum absolute atomic E-state index is 12.3. The van der Waals surface area contributed by atoms with Gasteiger partial charge in [0.15, 0.2) is 8.32 Å². The Kier molecular flexibility index (Phi) is 4.73. The van der Waals surface area contributed by atoms with E-state index in [0.717, 1.165) is 12.8 Å². The third-order valence-electron chi connectivity index (χ3n) is 5.80. The van der Waals surface area contributed by atoms with E-state index in [9.17, 15) is 4.79 Å². The zero-order valence-electron chi connectivity index (χ0n) is 14.1. The van der Waals surface area contributed by atoms with Crippen LogP contribution in [-0.2, 0) is 9.22 Å². The van der Waals surface area contributed by atoms with E-state index in [1.165, 1.54) is 0 Å². The van der Waals surface area contributed by atoms with Crippen LogP contribution < -0.4 is 0 Å². The Morgan fingerprint density at radius 3 is 2.32 bits per heavy atom. The number of hydrogen-bond acceptors (Lipinski definition) is 2. The minimum Gasteiger partial charge on any atom is -0.416 e. The van der Waals surface area contributed by atoms with Gasteiger partial charge in [-0.15, -0.1) is 0 Å².